The van der Waals surface area contributed by atoms with E-state index < -0.39 is 11.9 Å². The summed E-state index contributed by atoms with van der Waals surface area (Å²) in [5.41, 5.74) is 2.18. The molecule has 3 N–H and O–H groups in total. The smallest absolute Gasteiger partial charge is 0.307 e. The molecule has 176 valence electrons. The summed E-state index contributed by atoms with van der Waals surface area (Å²) < 4.78 is 0. The molecular formula is C24H38N6O2. The predicted octanol–water partition coefficient (Wildman–Crippen LogP) is 3.95. The van der Waals surface area contributed by atoms with Gasteiger partial charge in [0.15, 0.2) is 5.82 Å². The van der Waals surface area contributed by atoms with Crippen LogP contribution in [0.5, 0.6) is 0 Å². The summed E-state index contributed by atoms with van der Waals surface area (Å²) in [7, 11) is 0. The molecule has 1 aromatic heterocycles. The van der Waals surface area contributed by atoms with Gasteiger partial charge in [0, 0.05) is 24.2 Å². The third-order valence-electron chi connectivity index (χ3n) is 6.77. The highest BCUT2D eigenvalue weighted by molar-refractivity contribution is 5.71. The van der Waals surface area contributed by atoms with E-state index in [1.54, 1.807) is 0 Å². The van der Waals surface area contributed by atoms with E-state index in [1.807, 2.05) is 6.92 Å². The van der Waals surface area contributed by atoms with Crippen LogP contribution in [0.25, 0.3) is 0 Å². The van der Waals surface area contributed by atoms with Gasteiger partial charge in [-0.25, -0.2) is 0 Å². The zero-order chi connectivity index (χ0) is 22.9. The predicted molar refractivity (Wildman–Crippen MR) is 126 cm³/mol. The molecule has 0 spiro atoms. The number of aromatic amines is 1. The van der Waals surface area contributed by atoms with Crippen LogP contribution in [0.1, 0.15) is 70.2 Å². The maximum Gasteiger partial charge on any atom is 0.307 e. The summed E-state index contributed by atoms with van der Waals surface area (Å²) in [5.74, 6) is -0.367. The van der Waals surface area contributed by atoms with E-state index in [0.717, 1.165) is 30.1 Å². The Kier molecular flexibility index (Phi) is 9.02. The van der Waals surface area contributed by atoms with Crippen molar-refractivity contribution in [2.45, 2.75) is 71.3 Å². The van der Waals surface area contributed by atoms with Crippen LogP contribution in [0.15, 0.2) is 24.3 Å². The van der Waals surface area contributed by atoms with Crippen molar-refractivity contribution in [2.75, 3.05) is 25.0 Å². The monoisotopic (exact) mass is 442 g/mol. The van der Waals surface area contributed by atoms with Gasteiger partial charge in [-0.1, -0.05) is 30.7 Å². The number of hydrogen-bond donors (Lipinski definition) is 3. The molecule has 8 heteroatoms. The lowest BCUT2D eigenvalue weighted by molar-refractivity contribution is -0.142. The molecule has 1 aromatic carbocycles. The van der Waals surface area contributed by atoms with Crippen LogP contribution >= 0.6 is 0 Å². The number of tetrazole rings is 1. The number of benzene rings is 1. The van der Waals surface area contributed by atoms with Gasteiger partial charge in [-0.3, -0.25) is 4.79 Å². The molecule has 1 aliphatic heterocycles. The van der Waals surface area contributed by atoms with Crippen molar-refractivity contribution < 1.29 is 9.90 Å². The topological polar surface area (TPSA) is 107 Å². The Balaban J connectivity index is 1.52. The number of carboxylic acid groups (broad SMARTS) is 1. The van der Waals surface area contributed by atoms with E-state index in [1.165, 1.54) is 32.4 Å². The maximum atomic E-state index is 11.9. The second-order valence-corrected chi connectivity index (χ2v) is 9.30. The van der Waals surface area contributed by atoms with Gasteiger partial charge in [-0.15, -0.1) is 10.2 Å². The van der Waals surface area contributed by atoms with Crippen molar-refractivity contribution in [1.29, 1.82) is 0 Å². The first kappa shape index (κ1) is 24.2. The van der Waals surface area contributed by atoms with E-state index in [-0.39, 0.29) is 5.92 Å². The maximum absolute atomic E-state index is 11.9. The number of H-pyrrole nitrogens is 1. The fraction of sp³-hybridized carbons (Fsp3) is 0.667. The normalized spacial score (nSPS) is 17.4. The fourth-order valence-electron chi connectivity index (χ4n) is 4.74. The minimum atomic E-state index is -0.806. The molecule has 1 saturated heterocycles. The quantitative estimate of drug-likeness (QED) is 0.457. The van der Waals surface area contributed by atoms with E-state index in [0.29, 0.717) is 24.7 Å². The number of aliphatic carboxylic acids is 1. The third kappa shape index (κ3) is 6.76. The van der Waals surface area contributed by atoms with Crippen LogP contribution in [0.3, 0.4) is 0 Å². The average Bonchev–Trinajstić information content (AvgIpc) is 3.32. The second-order valence-electron chi connectivity index (χ2n) is 9.30. The van der Waals surface area contributed by atoms with Gasteiger partial charge in [0.25, 0.3) is 0 Å². The van der Waals surface area contributed by atoms with Crippen molar-refractivity contribution in [3.8, 4) is 0 Å². The highest BCUT2D eigenvalue weighted by atomic mass is 16.4. The van der Waals surface area contributed by atoms with E-state index in [4.69, 9.17) is 0 Å². The first-order valence-electron chi connectivity index (χ1n) is 12.0. The van der Waals surface area contributed by atoms with Crippen LogP contribution in [0, 0.1) is 11.8 Å². The fourth-order valence-corrected chi connectivity index (χ4v) is 4.74. The number of carbonyl (C=O) groups is 1. The first-order chi connectivity index (χ1) is 15.5. The minimum absolute atomic E-state index is 0.304. The number of likely N-dealkylation sites (tertiary alicyclic amines) is 1. The Bertz CT molecular complexity index is 800. The number of anilines is 1. The molecule has 1 aliphatic rings. The van der Waals surface area contributed by atoms with Gasteiger partial charge in [0.1, 0.15) is 0 Å². The lowest BCUT2D eigenvalue weighted by Crippen LogP contribution is -2.38. The molecule has 0 amide bonds. The van der Waals surface area contributed by atoms with Gasteiger partial charge in [-0.05, 0) is 82.7 Å². The summed E-state index contributed by atoms with van der Waals surface area (Å²) in [6, 6.07) is 8.96. The van der Waals surface area contributed by atoms with E-state index in [9.17, 15) is 9.90 Å². The molecule has 0 radical (unpaired) electrons. The number of nitrogens with one attached hydrogen (secondary N) is 2. The van der Waals surface area contributed by atoms with Crippen LogP contribution in [0.2, 0.25) is 0 Å². The Labute approximate surface area is 191 Å². The molecule has 1 fully saturated rings. The molecule has 0 unspecified atom stereocenters. The number of nitrogens with zero attached hydrogens (tertiary/aromatic N) is 4. The van der Waals surface area contributed by atoms with Crippen LogP contribution in [-0.2, 0) is 11.2 Å². The average molecular weight is 443 g/mol. The third-order valence-corrected chi connectivity index (χ3v) is 6.77. The van der Waals surface area contributed by atoms with Crippen molar-refractivity contribution in [3.05, 3.63) is 35.7 Å². The molecule has 0 saturated carbocycles. The summed E-state index contributed by atoms with van der Waals surface area (Å²) in [6.07, 6.45) is 5.74. The number of hydrogen-bond acceptors (Lipinski definition) is 6. The Hall–Kier alpha value is -2.48. The Morgan fingerprint density at radius 1 is 1.25 bits per heavy atom. The van der Waals surface area contributed by atoms with Crippen LogP contribution in [0.4, 0.5) is 5.69 Å². The van der Waals surface area contributed by atoms with Gasteiger partial charge in [0.2, 0.25) is 0 Å². The SMILES string of the molecule is CCC[C@H](C(=O)O)[C@H](Cc1ccc(NCCC2CCN(C(C)C)CC2)cc1)c1nn[nH]n1. The summed E-state index contributed by atoms with van der Waals surface area (Å²) >= 11 is 0. The first-order valence-corrected chi connectivity index (χ1v) is 12.0. The zero-order valence-electron chi connectivity index (χ0n) is 19.6. The molecule has 8 nitrogen and oxygen atoms in total. The molecule has 3 rings (SSSR count). The van der Waals surface area contributed by atoms with E-state index >= 15 is 0 Å². The Morgan fingerprint density at radius 3 is 2.53 bits per heavy atom. The lowest BCUT2D eigenvalue weighted by Gasteiger charge is -2.34. The number of carboxylic acids is 1. The minimum Gasteiger partial charge on any atom is -0.481 e. The zero-order valence-corrected chi connectivity index (χ0v) is 19.6. The van der Waals surface area contributed by atoms with Crippen molar-refractivity contribution in [2.24, 2.45) is 11.8 Å². The van der Waals surface area contributed by atoms with Crippen molar-refractivity contribution in [3.63, 3.8) is 0 Å². The number of rotatable bonds is 12. The molecule has 0 bridgehead atoms. The Morgan fingerprint density at radius 2 is 1.97 bits per heavy atom. The number of aromatic nitrogens is 4. The van der Waals surface area contributed by atoms with Gasteiger partial charge in [0.05, 0.1) is 5.92 Å². The molecule has 0 aliphatic carbocycles. The molecule has 2 aromatic rings. The standard InChI is InChI=1S/C24H38N6O2/c1-4-5-21(24(31)32)22(23-26-28-29-27-23)16-19-6-8-20(9-7-19)25-13-10-18-11-14-30(15-12-18)17(2)3/h6-9,17-18,21-22,25H,4-5,10-16H2,1-3H3,(H,31,32)(H,26,27,28,29)/t21-,22-/m0/s1. The molecular weight excluding hydrogens is 404 g/mol. The van der Waals surface area contributed by atoms with Crippen molar-refractivity contribution >= 4 is 11.7 Å². The largest absolute Gasteiger partial charge is 0.481 e. The lowest BCUT2D eigenvalue weighted by atomic mass is 9.83. The van der Waals surface area contributed by atoms with Crippen LogP contribution < -0.4 is 5.32 Å². The number of piperidine rings is 1. The second kappa shape index (κ2) is 11.9. The summed E-state index contributed by atoms with van der Waals surface area (Å²) in [6.45, 7) is 9.97. The highest BCUT2D eigenvalue weighted by Crippen LogP contribution is 2.30. The summed E-state index contributed by atoms with van der Waals surface area (Å²) in [4.78, 5) is 14.4. The van der Waals surface area contributed by atoms with Gasteiger partial charge in [-0.2, -0.15) is 5.21 Å². The summed E-state index contributed by atoms with van der Waals surface area (Å²) in [5, 5.41) is 27.6. The van der Waals surface area contributed by atoms with E-state index in [2.05, 4.69) is 69.0 Å². The van der Waals surface area contributed by atoms with Crippen molar-refractivity contribution in [1.82, 2.24) is 25.5 Å². The molecule has 32 heavy (non-hydrogen) atoms. The highest BCUT2D eigenvalue weighted by Gasteiger charge is 2.32. The van der Waals surface area contributed by atoms with Gasteiger partial charge >= 0.3 is 5.97 Å². The van der Waals surface area contributed by atoms with Crippen LogP contribution in [-0.4, -0.2) is 62.3 Å². The molecule has 2 atom stereocenters. The van der Waals surface area contributed by atoms with Gasteiger partial charge < -0.3 is 15.3 Å². The molecule has 2 heterocycles.